The lowest BCUT2D eigenvalue weighted by Crippen LogP contribution is -2.55. The van der Waals surface area contributed by atoms with E-state index in [-0.39, 0.29) is 18.1 Å². The van der Waals surface area contributed by atoms with Crippen LogP contribution in [0.5, 0.6) is 0 Å². The Bertz CT molecular complexity index is 812. The van der Waals surface area contributed by atoms with E-state index >= 15 is 0 Å². The number of carbonyl (C=O) groups is 2. The summed E-state index contributed by atoms with van der Waals surface area (Å²) in [5.41, 5.74) is 2.59. The molecule has 7 nitrogen and oxygen atoms in total. The number of rotatable bonds is 4. The van der Waals surface area contributed by atoms with Crippen LogP contribution in [0.25, 0.3) is 0 Å². The number of ether oxygens (including phenoxy) is 3. The molecule has 1 saturated carbocycles. The molecule has 1 spiro atoms. The zero-order valence-corrected chi connectivity index (χ0v) is 18.8. The molecule has 0 radical (unpaired) electrons. The van der Waals surface area contributed by atoms with Gasteiger partial charge in [0.1, 0.15) is 12.0 Å². The number of amides is 2. The Morgan fingerprint density at radius 1 is 1.23 bits per heavy atom. The van der Waals surface area contributed by atoms with Gasteiger partial charge < -0.3 is 24.4 Å². The second-order valence-electron chi connectivity index (χ2n) is 9.04. The minimum absolute atomic E-state index is 0.0541. The van der Waals surface area contributed by atoms with Crippen molar-refractivity contribution >= 4 is 12.0 Å². The highest BCUT2D eigenvalue weighted by Gasteiger charge is 2.57. The Labute approximate surface area is 184 Å². The lowest BCUT2D eigenvalue weighted by Gasteiger charge is -2.42. The summed E-state index contributed by atoms with van der Waals surface area (Å²) in [5.74, 6) is -0.559. The van der Waals surface area contributed by atoms with Crippen molar-refractivity contribution in [2.24, 2.45) is 0 Å². The first-order valence-corrected chi connectivity index (χ1v) is 11.5. The maximum atomic E-state index is 13.3. The topological polar surface area (TPSA) is 77.1 Å². The van der Waals surface area contributed by atoms with Crippen LogP contribution in [0.1, 0.15) is 55.2 Å². The number of nitrogens with zero attached hydrogens (tertiary/aromatic N) is 1. The van der Waals surface area contributed by atoms with Crippen LogP contribution in [0.3, 0.4) is 0 Å². The molecular weight excluding hydrogens is 396 g/mol. The molecule has 2 aliphatic heterocycles. The summed E-state index contributed by atoms with van der Waals surface area (Å²) in [6.07, 6.45) is 2.48. The molecule has 170 valence electrons. The van der Waals surface area contributed by atoms with Crippen LogP contribution >= 0.6 is 0 Å². The Hall–Kier alpha value is -2.12. The maximum absolute atomic E-state index is 13.3. The van der Waals surface area contributed by atoms with Crippen molar-refractivity contribution in [1.82, 2.24) is 10.2 Å². The van der Waals surface area contributed by atoms with Gasteiger partial charge in [-0.15, -0.1) is 0 Å². The van der Waals surface area contributed by atoms with E-state index in [2.05, 4.69) is 11.4 Å². The third-order valence-electron chi connectivity index (χ3n) is 6.99. The molecule has 3 fully saturated rings. The molecule has 2 saturated heterocycles. The summed E-state index contributed by atoms with van der Waals surface area (Å²) >= 11 is 0. The Kier molecular flexibility index (Phi) is 6.53. The van der Waals surface area contributed by atoms with Gasteiger partial charge in [0.05, 0.1) is 24.9 Å². The Morgan fingerprint density at radius 3 is 2.58 bits per heavy atom. The fourth-order valence-corrected chi connectivity index (χ4v) is 5.36. The van der Waals surface area contributed by atoms with Gasteiger partial charge in [-0.3, -0.25) is 4.79 Å². The summed E-state index contributed by atoms with van der Waals surface area (Å²) in [6, 6.07) is 6.11. The first kappa shape index (κ1) is 22.1. The SMILES string of the molecule is CCOC1CCC2(CC1)NC(=O)C(c1ccc(C)cc1C)C2OC(=O)N1CCOCC1. The van der Waals surface area contributed by atoms with Crippen LogP contribution in [-0.4, -0.2) is 67.6 Å². The molecular formula is C24H34N2O5. The number of hydrogen-bond acceptors (Lipinski definition) is 5. The highest BCUT2D eigenvalue weighted by molar-refractivity contribution is 5.89. The fourth-order valence-electron chi connectivity index (χ4n) is 5.36. The second kappa shape index (κ2) is 9.17. The first-order valence-electron chi connectivity index (χ1n) is 11.5. The molecule has 3 aliphatic rings. The van der Waals surface area contributed by atoms with Crippen molar-refractivity contribution in [2.75, 3.05) is 32.9 Å². The second-order valence-corrected chi connectivity index (χ2v) is 9.04. The van der Waals surface area contributed by atoms with E-state index in [1.165, 1.54) is 0 Å². The molecule has 1 aromatic carbocycles. The third-order valence-corrected chi connectivity index (χ3v) is 6.99. The number of aryl methyl sites for hydroxylation is 2. The molecule has 1 aromatic rings. The van der Waals surface area contributed by atoms with Crippen LogP contribution < -0.4 is 5.32 Å². The number of carbonyl (C=O) groups excluding carboxylic acids is 2. The van der Waals surface area contributed by atoms with Gasteiger partial charge in [-0.1, -0.05) is 23.8 Å². The lowest BCUT2D eigenvalue weighted by molar-refractivity contribution is -0.121. The summed E-state index contributed by atoms with van der Waals surface area (Å²) in [6.45, 7) is 8.80. The van der Waals surface area contributed by atoms with Gasteiger partial charge >= 0.3 is 6.09 Å². The van der Waals surface area contributed by atoms with Crippen LogP contribution in [0.4, 0.5) is 4.79 Å². The van der Waals surface area contributed by atoms with Gasteiger partial charge in [-0.25, -0.2) is 4.79 Å². The Morgan fingerprint density at radius 2 is 1.94 bits per heavy atom. The van der Waals surface area contributed by atoms with E-state index in [1.807, 2.05) is 32.9 Å². The number of nitrogens with one attached hydrogen (secondary N) is 1. The average Bonchev–Trinajstić information content (AvgIpc) is 3.01. The van der Waals surface area contributed by atoms with Gasteiger partial charge in [0.2, 0.25) is 5.91 Å². The average molecular weight is 431 g/mol. The number of hydrogen-bond donors (Lipinski definition) is 1. The molecule has 4 rings (SSSR count). The van der Waals surface area contributed by atoms with E-state index in [4.69, 9.17) is 14.2 Å². The molecule has 1 aliphatic carbocycles. The van der Waals surface area contributed by atoms with Crippen molar-refractivity contribution in [3.05, 3.63) is 34.9 Å². The van der Waals surface area contributed by atoms with Crippen LogP contribution in [-0.2, 0) is 19.0 Å². The van der Waals surface area contributed by atoms with E-state index < -0.39 is 17.6 Å². The predicted molar refractivity (Wildman–Crippen MR) is 116 cm³/mol. The lowest BCUT2D eigenvalue weighted by atomic mass is 9.74. The molecule has 2 heterocycles. The zero-order valence-electron chi connectivity index (χ0n) is 18.8. The van der Waals surface area contributed by atoms with E-state index in [0.29, 0.717) is 32.9 Å². The molecule has 31 heavy (non-hydrogen) atoms. The van der Waals surface area contributed by atoms with Gasteiger partial charge in [-0.2, -0.15) is 0 Å². The highest BCUT2D eigenvalue weighted by Crippen LogP contribution is 2.45. The van der Waals surface area contributed by atoms with Crippen molar-refractivity contribution in [2.45, 2.75) is 70.1 Å². The van der Waals surface area contributed by atoms with Crippen LogP contribution in [0.15, 0.2) is 18.2 Å². The minimum Gasteiger partial charge on any atom is -0.442 e. The van der Waals surface area contributed by atoms with Gasteiger partial charge in [0.15, 0.2) is 0 Å². The summed E-state index contributed by atoms with van der Waals surface area (Å²) in [5, 5.41) is 3.27. The maximum Gasteiger partial charge on any atom is 0.410 e. The van der Waals surface area contributed by atoms with Crippen molar-refractivity contribution in [1.29, 1.82) is 0 Å². The fraction of sp³-hybridized carbons (Fsp3) is 0.667. The zero-order chi connectivity index (χ0) is 22.0. The molecule has 7 heteroatoms. The van der Waals surface area contributed by atoms with Gasteiger partial charge in [0, 0.05) is 19.7 Å². The Balaban J connectivity index is 1.63. The third kappa shape index (κ3) is 4.44. The molecule has 2 amide bonds. The van der Waals surface area contributed by atoms with Crippen molar-refractivity contribution < 1.29 is 23.8 Å². The van der Waals surface area contributed by atoms with Gasteiger partial charge in [0.25, 0.3) is 0 Å². The van der Waals surface area contributed by atoms with E-state index in [9.17, 15) is 9.59 Å². The molecule has 2 unspecified atom stereocenters. The predicted octanol–water partition coefficient (Wildman–Crippen LogP) is 3.07. The minimum atomic E-state index is -0.547. The molecule has 0 bridgehead atoms. The summed E-state index contributed by atoms with van der Waals surface area (Å²) in [4.78, 5) is 28.0. The largest absolute Gasteiger partial charge is 0.442 e. The van der Waals surface area contributed by atoms with E-state index in [1.54, 1.807) is 4.90 Å². The normalized spacial score (nSPS) is 31.0. The number of morpholine rings is 1. The highest BCUT2D eigenvalue weighted by atomic mass is 16.6. The quantitative estimate of drug-likeness (QED) is 0.794. The molecule has 1 N–H and O–H groups in total. The van der Waals surface area contributed by atoms with Gasteiger partial charge in [-0.05, 0) is 57.6 Å². The van der Waals surface area contributed by atoms with Crippen molar-refractivity contribution in [3.63, 3.8) is 0 Å². The molecule has 0 aromatic heterocycles. The smallest absolute Gasteiger partial charge is 0.410 e. The van der Waals surface area contributed by atoms with E-state index in [0.717, 1.165) is 42.4 Å². The van der Waals surface area contributed by atoms with Crippen LogP contribution in [0.2, 0.25) is 0 Å². The summed E-state index contributed by atoms with van der Waals surface area (Å²) in [7, 11) is 0. The monoisotopic (exact) mass is 430 g/mol. The first-order chi connectivity index (χ1) is 14.9. The number of benzene rings is 1. The van der Waals surface area contributed by atoms with Crippen molar-refractivity contribution in [3.8, 4) is 0 Å². The molecule has 2 atom stereocenters. The van der Waals surface area contributed by atoms with Crippen LogP contribution in [0, 0.1) is 13.8 Å². The standard InChI is InChI=1S/C24H34N2O5/c1-4-30-18-7-9-24(10-8-18)21(31-23(28)26-11-13-29-14-12-26)20(22(27)25-24)19-6-5-16(2)15-17(19)3/h5-6,15,18,20-21H,4,7-14H2,1-3H3,(H,25,27). The summed E-state index contributed by atoms with van der Waals surface area (Å²) < 4.78 is 17.4.